The molecule has 2 aromatic carbocycles. The molecule has 2 aromatic rings. The summed E-state index contributed by atoms with van der Waals surface area (Å²) in [6, 6.07) is 10.6. The minimum atomic E-state index is -3.99. The molecule has 0 aliphatic heterocycles. The Bertz CT molecular complexity index is 1040. The third-order valence-corrected chi connectivity index (χ3v) is 5.16. The van der Waals surface area contributed by atoms with Gasteiger partial charge in [0.25, 0.3) is 5.91 Å². The van der Waals surface area contributed by atoms with E-state index in [0.717, 1.165) is 0 Å². The molecule has 0 saturated carbocycles. The van der Waals surface area contributed by atoms with Crippen LogP contribution in [0.5, 0.6) is 5.75 Å². The van der Waals surface area contributed by atoms with Crippen LogP contribution < -0.4 is 20.1 Å². The van der Waals surface area contributed by atoms with Crippen LogP contribution in [-0.2, 0) is 14.8 Å². The van der Waals surface area contributed by atoms with Gasteiger partial charge in [-0.3, -0.25) is 14.3 Å². The van der Waals surface area contributed by atoms with E-state index in [2.05, 4.69) is 15.4 Å². The topological polar surface area (TPSA) is 114 Å². The normalized spacial score (nSPS) is 11.3. The summed E-state index contributed by atoms with van der Waals surface area (Å²) >= 11 is 5.97. The summed E-state index contributed by atoms with van der Waals surface area (Å²) in [5, 5.41) is 5.46. The van der Waals surface area contributed by atoms with Gasteiger partial charge < -0.3 is 15.4 Å². The number of sulfonamides is 1. The van der Waals surface area contributed by atoms with Crippen LogP contribution in [0.25, 0.3) is 0 Å². The molecule has 2 rings (SSSR count). The Labute approximate surface area is 187 Å². The number of hydrogen-bond donors (Lipinski definition) is 3. The molecule has 0 heterocycles. The lowest BCUT2D eigenvalue weighted by Crippen LogP contribution is -2.32. The summed E-state index contributed by atoms with van der Waals surface area (Å²) < 4.78 is 32.6. The zero-order chi connectivity index (χ0) is 23.2. The highest BCUT2D eigenvalue weighted by Crippen LogP contribution is 2.22. The van der Waals surface area contributed by atoms with E-state index < -0.39 is 27.6 Å². The fraction of sp³-hybridized carbons (Fsp3) is 0.333. The van der Waals surface area contributed by atoms with Crippen molar-refractivity contribution in [1.82, 2.24) is 5.32 Å². The standard InChI is InChI=1S/C21H26ClN3O5S/c1-13(2)23-21(27)18-10-5-15(22)11-19(18)24-20(26)12-31(28,29)25-16-6-8-17(9-7-16)30-14(3)4/h5-11,13-14,25H,12H2,1-4H3,(H,23,27)(H,24,26). The fourth-order valence-corrected chi connectivity index (χ4v) is 3.76. The van der Waals surface area contributed by atoms with Gasteiger partial charge in [-0.1, -0.05) is 11.6 Å². The van der Waals surface area contributed by atoms with Gasteiger partial charge in [0.05, 0.1) is 17.4 Å². The first-order valence-electron chi connectivity index (χ1n) is 9.62. The fourth-order valence-electron chi connectivity index (χ4n) is 2.61. The molecule has 8 nitrogen and oxygen atoms in total. The smallest absolute Gasteiger partial charge is 0.253 e. The van der Waals surface area contributed by atoms with Gasteiger partial charge in [0.15, 0.2) is 0 Å². The van der Waals surface area contributed by atoms with Crippen LogP contribution in [0.1, 0.15) is 38.1 Å². The van der Waals surface area contributed by atoms with Gasteiger partial charge in [-0.05, 0) is 70.2 Å². The molecule has 0 saturated heterocycles. The molecule has 31 heavy (non-hydrogen) atoms. The molecule has 0 atom stereocenters. The molecule has 0 bridgehead atoms. The first-order valence-corrected chi connectivity index (χ1v) is 11.7. The Morgan fingerprint density at radius 1 is 1.03 bits per heavy atom. The highest BCUT2D eigenvalue weighted by atomic mass is 35.5. The third kappa shape index (κ3) is 8.10. The van der Waals surface area contributed by atoms with E-state index in [0.29, 0.717) is 16.5 Å². The molecular weight excluding hydrogens is 442 g/mol. The van der Waals surface area contributed by atoms with Gasteiger partial charge in [0.1, 0.15) is 11.5 Å². The molecule has 0 unspecified atom stereocenters. The van der Waals surface area contributed by atoms with Gasteiger partial charge in [0.2, 0.25) is 15.9 Å². The second-order valence-electron chi connectivity index (χ2n) is 7.42. The van der Waals surface area contributed by atoms with E-state index >= 15 is 0 Å². The van der Waals surface area contributed by atoms with Gasteiger partial charge in [0, 0.05) is 16.8 Å². The van der Waals surface area contributed by atoms with Crippen molar-refractivity contribution in [2.24, 2.45) is 0 Å². The van der Waals surface area contributed by atoms with Crippen LogP contribution in [0.15, 0.2) is 42.5 Å². The van der Waals surface area contributed by atoms with Crippen LogP contribution in [-0.4, -0.2) is 38.1 Å². The van der Waals surface area contributed by atoms with E-state index in [-0.39, 0.29) is 23.4 Å². The molecule has 0 fully saturated rings. The lowest BCUT2D eigenvalue weighted by molar-refractivity contribution is -0.113. The predicted octanol–water partition coefficient (Wildman–Crippen LogP) is 3.65. The highest BCUT2D eigenvalue weighted by Gasteiger charge is 2.20. The SMILES string of the molecule is CC(C)NC(=O)c1ccc(Cl)cc1NC(=O)CS(=O)(=O)Nc1ccc(OC(C)C)cc1. The molecule has 0 aliphatic rings. The Morgan fingerprint density at radius 2 is 1.68 bits per heavy atom. The first kappa shape index (κ1) is 24.5. The number of rotatable bonds is 9. The van der Waals surface area contributed by atoms with Crippen molar-refractivity contribution in [3.8, 4) is 5.75 Å². The van der Waals surface area contributed by atoms with Crippen molar-refractivity contribution in [3.05, 3.63) is 53.1 Å². The van der Waals surface area contributed by atoms with Crippen molar-refractivity contribution < 1.29 is 22.7 Å². The monoisotopic (exact) mass is 467 g/mol. The van der Waals surface area contributed by atoms with Gasteiger partial charge in [-0.15, -0.1) is 0 Å². The van der Waals surface area contributed by atoms with Gasteiger partial charge >= 0.3 is 0 Å². The number of benzene rings is 2. The van der Waals surface area contributed by atoms with E-state index in [1.807, 2.05) is 13.8 Å². The quantitative estimate of drug-likeness (QED) is 0.521. The highest BCUT2D eigenvalue weighted by molar-refractivity contribution is 7.93. The van der Waals surface area contributed by atoms with Crippen molar-refractivity contribution >= 4 is 44.8 Å². The molecule has 168 valence electrons. The minimum Gasteiger partial charge on any atom is -0.491 e. The van der Waals surface area contributed by atoms with Crippen LogP contribution in [0, 0.1) is 0 Å². The molecule has 0 aliphatic carbocycles. The Morgan fingerprint density at radius 3 is 2.26 bits per heavy atom. The van der Waals surface area contributed by atoms with Crippen LogP contribution in [0.3, 0.4) is 0 Å². The maximum atomic E-state index is 12.4. The van der Waals surface area contributed by atoms with E-state index in [1.54, 1.807) is 38.1 Å². The van der Waals surface area contributed by atoms with E-state index in [9.17, 15) is 18.0 Å². The summed E-state index contributed by atoms with van der Waals surface area (Å²) in [6.45, 7) is 7.36. The first-order chi connectivity index (χ1) is 14.4. The average molecular weight is 468 g/mol. The molecule has 10 heteroatoms. The average Bonchev–Trinajstić information content (AvgIpc) is 2.61. The molecule has 0 spiro atoms. The Balaban J connectivity index is 2.08. The van der Waals surface area contributed by atoms with E-state index in [1.165, 1.54) is 18.2 Å². The molecule has 2 amide bonds. The number of hydrogen-bond acceptors (Lipinski definition) is 5. The third-order valence-electron chi connectivity index (χ3n) is 3.74. The Kier molecular flexibility index (Phi) is 8.29. The predicted molar refractivity (Wildman–Crippen MR) is 122 cm³/mol. The van der Waals surface area contributed by atoms with Crippen LogP contribution in [0.4, 0.5) is 11.4 Å². The van der Waals surface area contributed by atoms with Crippen molar-refractivity contribution in [1.29, 1.82) is 0 Å². The number of carbonyl (C=O) groups excluding carboxylic acids is 2. The summed E-state index contributed by atoms with van der Waals surface area (Å²) in [7, 11) is -3.99. The number of amides is 2. The summed E-state index contributed by atoms with van der Waals surface area (Å²) in [6.07, 6.45) is -0.00904. The molecule has 0 aromatic heterocycles. The maximum absolute atomic E-state index is 12.4. The largest absolute Gasteiger partial charge is 0.491 e. The van der Waals surface area contributed by atoms with Crippen molar-refractivity contribution in [2.45, 2.75) is 39.8 Å². The number of carbonyl (C=O) groups is 2. The second kappa shape index (κ2) is 10.5. The van der Waals surface area contributed by atoms with Crippen LogP contribution in [0.2, 0.25) is 5.02 Å². The molecular formula is C21H26ClN3O5S. The summed E-state index contributed by atoms with van der Waals surface area (Å²) in [5.74, 6) is -1.46. The summed E-state index contributed by atoms with van der Waals surface area (Å²) in [5.41, 5.74) is 0.599. The molecule has 3 N–H and O–H groups in total. The van der Waals surface area contributed by atoms with E-state index in [4.69, 9.17) is 16.3 Å². The second-order valence-corrected chi connectivity index (χ2v) is 9.58. The van der Waals surface area contributed by atoms with Crippen LogP contribution >= 0.6 is 11.6 Å². The zero-order valence-corrected chi connectivity index (χ0v) is 19.3. The number of halogens is 1. The lowest BCUT2D eigenvalue weighted by atomic mass is 10.1. The Hall–Kier alpha value is -2.78. The maximum Gasteiger partial charge on any atom is 0.253 e. The molecule has 0 radical (unpaired) electrons. The lowest BCUT2D eigenvalue weighted by Gasteiger charge is -2.14. The van der Waals surface area contributed by atoms with Crippen molar-refractivity contribution in [3.63, 3.8) is 0 Å². The number of anilines is 2. The minimum absolute atomic E-state index is 0.00904. The number of nitrogens with one attached hydrogen (secondary N) is 3. The van der Waals surface area contributed by atoms with Gasteiger partial charge in [-0.2, -0.15) is 0 Å². The summed E-state index contributed by atoms with van der Waals surface area (Å²) in [4.78, 5) is 24.7. The number of ether oxygens (including phenoxy) is 1. The van der Waals surface area contributed by atoms with Crippen molar-refractivity contribution in [2.75, 3.05) is 15.8 Å². The van der Waals surface area contributed by atoms with Gasteiger partial charge in [-0.25, -0.2) is 8.42 Å². The zero-order valence-electron chi connectivity index (χ0n) is 17.7.